The molecule has 1 amide bonds. The summed E-state index contributed by atoms with van der Waals surface area (Å²) in [5.41, 5.74) is -0.234. The molecule has 100 valence electrons. The fourth-order valence-electron chi connectivity index (χ4n) is 1.54. The molecular formula is C13H10F3NOS. The summed E-state index contributed by atoms with van der Waals surface area (Å²) >= 11 is 1.56. The SMILES string of the molecule is O=C(NCCc1cccs1)c1cc(F)c(F)c(F)c1. The van der Waals surface area contributed by atoms with Crippen molar-refractivity contribution in [3.05, 3.63) is 57.5 Å². The van der Waals surface area contributed by atoms with Crippen molar-refractivity contribution in [2.75, 3.05) is 6.54 Å². The summed E-state index contributed by atoms with van der Waals surface area (Å²) in [6, 6.07) is 5.18. The van der Waals surface area contributed by atoms with Gasteiger partial charge in [-0.25, -0.2) is 13.2 Å². The standard InChI is InChI=1S/C13H10F3NOS/c14-10-6-8(7-11(15)12(10)16)13(18)17-4-3-9-2-1-5-19-9/h1-2,5-7H,3-4H2,(H,17,18). The molecule has 0 aliphatic carbocycles. The molecule has 1 N–H and O–H groups in total. The molecular weight excluding hydrogens is 275 g/mol. The first-order valence-electron chi connectivity index (χ1n) is 5.53. The maximum atomic E-state index is 13.0. The molecule has 0 spiro atoms. The van der Waals surface area contributed by atoms with Gasteiger partial charge in [0, 0.05) is 17.0 Å². The first-order chi connectivity index (χ1) is 9.08. The van der Waals surface area contributed by atoms with Crippen molar-refractivity contribution in [1.29, 1.82) is 0 Å². The third-order valence-corrected chi connectivity index (χ3v) is 3.42. The molecule has 2 aromatic rings. The number of carbonyl (C=O) groups excluding carboxylic acids is 1. The van der Waals surface area contributed by atoms with Crippen LogP contribution in [0.5, 0.6) is 0 Å². The molecule has 0 saturated heterocycles. The highest BCUT2D eigenvalue weighted by molar-refractivity contribution is 7.09. The number of nitrogens with one attached hydrogen (secondary N) is 1. The van der Waals surface area contributed by atoms with Gasteiger partial charge in [0.25, 0.3) is 5.91 Å². The Morgan fingerprint density at radius 2 is 1.89 bits per heavy atom. The summed E-state index contributed by atoms with van der Waals surface area (Å²) in [5, 5.41) is 4.44. The molecule has 2 rings (SSSR count). The zero-order chi connectivity index (χ0) is 13.8. The van der Waals surface area contributed by atoms with E-state index in [2.05, 4.69) is 5.32 Å². The number of halogens is 3. The van der Waals surface area contributed by atoms with Gasteiger partial charge in [-0.15, -0.1) is 11.3 Å². The van der Waals surface area contributed by atoms with E-state index in [0.717, 1.165) is 4.88 Å². The van der Waals surface area contributed by atoms with E-state index in [4.69, 9.17) is 0 Å². The molecule has 0 bridgehead atoms. The number of thiophene rings is 1. The van der Waals surface area contributed by atoms with E-state index in [9.17, 15) is 18.0 Å². The van der Waals surface area contributed by atoms with Crippen molar-refractivity contribution in [2.45, 2.75) is 6.42 Å². The molecule has 0 aliphatic rings. The second kappa shape index (κ2) is 5.88. The van der Waals surface area contributed by atoms with Gasteiger partial charge in [-0.2, -0.15) is 0 Å². The quantitative estimate of drug-likeness (QED) is 0.859. The van der Waals surface area contributed by atoms with Crippen molar-refractivity contribution >= 4 is 17.2 Å². The fraction of sp³-hybridized carbons (Fsp3) is 0.154. The van der Waals surface area contributed by atoms with E-state index >= 15 is 0 Å². The lowest BCUT2D eigenvalue weighted by atomic mass is 10.2. The van der Waals surface area contributed by atoms with E-state index in [0.29, 0.717) is 25.1 Å². The van der Waals surface area contributed by atoms with Crippen molar-refractivity contribution < 1.29 is 18.0 Å². The van der Waals surface area contributed by atoms with E-state index in [-0.39, 0.29) is 5.56 Å². The summed E-state index contributed by atoms with van der Waals surface area (Å²) in [6.07, 6.45) is 0.634. The van der Waals surface area contributed by atoms with E-state index < -0.39 is 23.4 Å². The van der Waals surface area contributed by atoms with Crippen LogP contribution in [0.25, 0.3) is 0 Å². The largest absolute Gasteiger partial charge is 0.352 e. The maximum absolute atomic E-state index is 13.0. The minimum Gasteiger partial charge on any atom is -0.352 e. The van der Waals surface area contributed by atoms with Gasteiger partial charge < -0.3 is 5.32 Å². The number of amides is 1. The number of rotatable bonds is 4. The first-order valence-corrected chi connectivity index (χ1v) is 6.41. The molecule has 0 aliphatic heterocycles. The van der Waals surface area contributed by atoms with Crippen LogP contribution in [0.3, 0.4) is 0 Å². The van der Waals surface area contributed by atoms with Crippen molar-refractivity contribution in [3.63, 3.8) is 0 Å². The van der Waals surface area contributed by atoms with Crippen LogP contribution >= 0.6 is 11.3 Å². The van der Waals surface area contributed by atoms with Crippen molar-refractivity contribution in [1.82, 2.24) is 5.32 Å². The minimum atomic E-state index is -1.57. The fourth-order valence-corrected chi connectivity index (χ4v) is 2.25. The molecule has 1 aromatic heterocycles. The van der Waals surface area contributed by atoms with Gasteiger partial charge in [0.05, 0.1) is 0 Å². The third-order valence-electron chi connectivity index (χ3n) is 2.48. The van der Waals surface area contributed by atoms with Crippen molar-refractivity contribution in [3.8, 4) is 0 Å². The second-order valence-electron chi connectivity index (χ2n) is 3.84. The van der Waals surface area contributed by atoms with Gasteiger partial charge in [-0.05, 0) is 30.0 Å². The Kier molecular flexibility index (Phi) is 4.21. The van der Waals surface area contributed by atoms with Gasteiger partial charge in [0.2, 0.25) is 0 Å². The Balaban J connectivity index is 1.96. The van der Waals surface area contributed by atoms with Crippen LogP contribution in [0.2, 0.25) is 0 Å². The molecule has 1 heterocycles. The van der Waals surface area contributed by atoms with Crippen LogP contribution in [0.15, 0.2) is 29.6 Å². The number of benzene rings is 1. The summed E-state index contributed by atoms with van der Waals surface area (Å²) in [7, 11) is 0. The molecule has 0 unspecified atom stereocenters. The molecule has 0 saturated carbocycles. The Labute approximate surface area is 111 Å². The van der Waals surface area contributed by atoms with Gasteiger partial charge in [0.15, 0.2) is 17.5 Å². The zero-order valence-corrected chi connectivity index (χ0v) is 10.6. The monoisotopic (exact) mass is 285 g/mol. The predicted molar refractivity (Wildman–Crippen MR) is 66.7 cm³/mol. The van der Waals surface area contributed by atoms with Gasteiger partial charge in [-0.3, -0.25) is 4.79 Å². The predicted octanol–water partition coefficient (Wildman–Crippen LogP) is 3.14. The summed E-state index contributed by atoms with van der Waals surface area (Å²) in [4.78, 5) is 12.7. The van der Waals surface area contributed by atoms with Crippen LogP contribution in [0.4, 0.5) is 13.2 Å². The van der Waals surface area contributed by atoms with Crippen LogP contribution in [-0.2, 0) is 6.42 Å². The van der Waals surface area contributed by atoms with Crippen LogP contribution in [0.1, 0.15) is 15.2 Å². The molecule has 0 atom stereocenters. The van der Waals surface area contributed by atoms with E-state index in [1.165, 1.54) is 0 Å². The average Bonchev–Trinajstić information content (AvgIpc) is 2.88. The van der Waals surface area contributed by atoms with Crippen molar-refractivity contribution in [2.24, 2.45) is 0 Å². The highest BCUT2D eigenvalue weighted by atomic mass is 32.1. The third kappa shape index (κ3) is 3.35. The number of hydrogen-bond donors (Lipinski definition) is 1. The highest BCUT2D eigenvalue weighted by Gasteiger charge is 2.14. The molecule has 1 aromatic carbocycles. The number of hydrogen-bond acceptors (Lipinski definition) is 2. The highest BCUT2D eigenvalue weighted by Crippen LogP contribution is 2.13. The second-order valence-corrected chi connectivity index (χ2v) is 4.87. The molecule has 0 radical (unpaired) electrons. The Bertz CT molecular complexity index is 561. The normalized spacial score (nSPS) is 10.5. The summed E-state index contributed by atoms with van der Waals surface area (Å²) < 4.78 is 38.6. The summed E-state index contributed by atoms with van der Waals surface area (Å²) in [5.74, 6) is -4.95. The first kappa shape index (κ1) is 13.6. The van der Waals surface area contributed by atoms with Crippen LogP contribution in [-0.4, -0.2) is 12.5 Å². The van der Waals surface area contributed by atoms with E-state index in [1.807, 2.05) is 17.5 Å². The Morgan fingerprint density at radius 3 is 2.47 bits per heavy atom. The van der Waals surface area contributed by atoms with Gasteiger partial charge in [-0.1, -0.05) is 6.07 Å². The lowest BCUT2D eigenvalue weighted by Gasteiger charge is -2.05. The zero-order valence-electron chi connectivity index (χ0n) is 9.75. The Morgan fingerprint density at radius 1 is 1.21 bits per heavy atom. The lowest BCUT2D eigenvalue weighted by Crippen LogP contribution is -2.25. The Hall–Kier alpha value is -1.82. The lowest BCUT2D eigenvalue weighted by molar-refractivity contribution is 0.0953. The topological polar surface area (TPSA) is 29.1 Å². The molecule has 2 nitrogen and oxygen atoms in total. The smallest absolute Gasteiger partial charge is 0.251 e. The molecule has 6 heteroatoms. The summed E-state index contributed by atoms with van der Waals surface area (Å²) in [6.45, 7) is 0.347. The molecule has 19 heavy (non-hydrogen) atoms. The van der Waals surface area contributed by atoms with E-state index in [1.54, 1.807) is 11.3 Å². The minimum absolute atomic E-state index is 0.234. The van der Waals surface area contributed by atoms with Crippen LogP contribution < -0.4 is 5.32 Å². The number of carbonyl (C=O) groups is 1. The maximum Gasteiger partial charge on any atom is 0.251 e. The van der Waals surface area contributed by atoms with Gasteiger partial charge >= 0.3 is 0 Å². The average molecular weight is 285 g/mol. The molecule has 0 fully saturated rings. The van der Waals surface area contributed by atoms with Gasteiger partial charge in [0.1, 0.15) is 0 Å². The van der Waals surface area contributed by atoms with Crippen LogP contribution in [0, 0.1) is 17.5 Å².